The number of benzene rings is 1. The van der Waals surface area contributed by atoms with Crippen molar-refractivity contribution in [2.75, 3.05) is 12.3 Å². The van der Waals surface area contributed by atoms with Crippen LogP contribution in [0, 0.1) is 0 Å². The fourth-order valence-corrected chi connectivity index (χ4v) is 2.68. The molecule has 0 radical (unpaired) electrons. The number of aromatic amines is 1. The Morgan fingerprint density at radius 1 is 1.28 bits per heavy atom. The molecule has 25 heavy (non-hydrogen) atoms. The minimum absolute atomic E-state index is 0.0478. The van der Waals surface area contributed by atoms with Crippen LogP contribution in [0.2, 0.25) is 0 Å². The van der Waals surface area contributed by atoms with Crippen molar-refractivity contribution in [1.82, 2.24) is 20.6 Å². The highest BCUT2D eigenvalue weighted by molar-refractivity contribution is 5.96. The third-order valence-corrected chi connectivity index (χ3v) is 4.05. The largest absolute Gasteiger partial charge is 0.387 e. The molecule has 1 aromatic carbocycles. The van der Waals surface area contributed by atoms with Gasteiger partial charge >= 0.3 is 0 Å². The maximum absolute atomic E-state index is 12.1. The molecule has 2 heterocycles. The fraction of sp³-hybridized carbons (Fsp3) is 0.375. The minimum atomic E-state index is -1.24. The Morgan fingerprint density at radius 3 is 2.72 bits per heavy atom. The lowest BCUT2D eigenvalue weighted by molar-refractivity contribution is -0.00773. The van der Waals surface area contributed by atoms with Crippen molar-refractivity contribution in [1.29, 1.82) is 0 Å². The van der Waals surface area contributed by atoms with Crippen molar-refractivity contribution in [2.45, 2.75) is 31.1 Å². The first-order valence-electron chi connectivity index (χ1n) is 7.92. The Balaban J connectivity index is 1.52. The molecule has 2 aromatic rings. The van der Waals surface area contributed by atoms with E-state index in [1.165, 1.54) is 6.33 Å². The maximum atomic E-state index is 12.1. The predicted molar refractivity (Wildman–Crippen MR) is 89.3 cm³/mol. The number of imidazole rings is 1. The van der Waals surface area contributed by atoms with E-state index in [-0.39, 0.29) is 11.5 Å². The Labute approximate surface area is 144 Å². The maximum Gasteiger partial charge on any atom is 0.273 e. The third-order valence-electron chi connectivity index (χ3n) is 4.05. The van der Waals surface area contributed by atoms with Crippen LogP contribution in [0.3, 0.4) is 0 Å². The summed E-state index contributed by atoms with van der Waals surface area (Å²) in [5.74, 6) is -0.518. The summed E-state index contributed by atoms with van der Waals surface area (Å²) in [6.07, 6.45) is -2.75. The van der Waals surface area contributed by atoms with Crippen molar-refractivity contribution in [3.8, 4) is 0 Å². The van der Waals surface area contributed by atoms with Crippen molar-refractivity contribution >= 4 is 11.7 Å². The minimum Gasteiger partial charge on any atom is -0.387 e. The lowest BCUT2D eigenvalue weighted by Gasteiger charge is -2.16. The van der Waals surface area contributed by atoms with Crippen molar-refractivity contribution in [2.24, 2.45) is 0 Å². The van der Waals surface area contributed by atoms with Gasteiger partial charge in [-0.25, -0.2) is 4.98 Å². The summed E-state index contributed by atoms with van der Waals surface area (Å²) in [7, 11) is 0. The third kappa shape index (κ3) is 3.97. The van der Waals surface area contributed by atoms with Crippen LogP contribution in [0.4, 0.5) is 5.82 Å². The van der Waals surface area contributed by atoms with Crippen molar-refractivity contribution < 1.29 is 19.7 Å². The molecule has 0 bridgehead atoms. The molecule has 134 valence electrons. The molecule has 9 nitrogen and oxygen atoms in total. The number of nitrogen functional groups attached to an aromatic ring is 1. The number of anilines is 1. The molecule has 0 aliphatic carbocycles. The van der Waals surface area contributed by atoms with E-state index in [1.54, 1.807) is 0 Å². The number of ether oxygens (including phenoxy) is 1. The van der Waals surface area contributed by atoms with Gasteiger partial charge in [0, 0.05) is 13.1 Å². The van der Waals surface area contributed by atoms with Crippen LogP contribution in [-0.2, 0) is 11.3 Å². The van der Waals surface area contributed by atoms with E-state index in [2.05, 4.69) is 20.6 Å². The van der Waals surface area contributed by atoms with E-state index in [9.17, 15) is 15.0 Å². The number of aromatic nitrogens is 2. The number of hydrogen-bond acceptors (Lipinski definition) is 7. The molecule has 0 saturated carbocycles. The Hall–Kier alpha value is -2.46. The molecule has 1 aliphatic heterocycles. The normalized spacial score (nSPS) is 25.8. The fourth-order valence-electron chi connectivity index (χ4n) is 2.68. The van der Waals surface area contributed by atoms with Gasteiger partial charge in [0.2, 0.25) is 0 Å². The highest BCUT2D eigenvalue weighted by Crippen LogP contribution is 2.20. The molecule has 1 aliphatic rings. The Bertz CT molecular complexity index is 708. The molecule has 9 heteroatoms. The van der Waals surface area contributed by atoms with Crippen LogP contribution in [-0.4, -0.2) is 57.2 Å². The van der Waals surface area contributed by atoms with Crippen LogP contribution in [0.1, 0.15) is 16.1 Å². The molecule has 1 amide bonds. The highest BCUT2D eigenvalue weighted by atomic mass is 16.6. The van der Waals surface area contributed by atoms with Gasteiger partial charge in [-0.05, 0) is 5.56 Å². The van der Waals surface area contributed by atoms with Gasteiger partial charge in [0.25, 0.3) is 5.91 Å². The van der Waals surface area contributed by atoms with E-state index >= 15 is 0 Å². The van der Waals surface area contributed by atoms with Crippen LogP contribution < -0.4 is 16.4 Å². The average molecular weight is 347 g/mol. The zero-order valence-electron chi connectivity index (χ0n) is 13.4. The first-order chi connectivity index (χ1) is 12.1. The topological polar surface area (TPSA) is 146 Å². The number of carbonyl (C=O) groups is 1. The monoisotopic (exact) mass is 347 g/mol. The molecule has 1 saturated heterocycles. The lowest BCUT2D eigenvalue weighted by atomic mass is 10.1. The van der Waals surface area contributed by atoms with E-state index in [4.69, 9.17) is 10.5 Å². The van der Waals surface area contributed by atoms with E-state index < -0.39 is 30.4 Å². The van der Waals surface area contributed by atoms with Crippen LogP contribution in [0.25, 0.3) is 0 Å². The van der Waals surface area contributed by atoms with Gasteiger partial charge in [0.05, 0.1) is 6.33 Å². The number of nitrogens with one attached hydrogen (secondary N) is 3. The smallest absolute Gasteiger partial charge is 0.273 e. The van der Waals surface area contributed by atoms with Gasteiger partial charge in [0.1, 0.15) is 24.0 Å². The second kappa shape index (κ2) is 7.62. The number of rotatable bonds is 6. The van der Waals surface area contributed by atoms with Gasteiger partial charge < -0.3 is 36.3 Å². The first-order valence-corrected chi connectivity index (χ1v) is 7.92. The molecule has 4 atom stereocenters. The number of H-pyrrole nitrogens is 1. The highest BCUT2D eigenvalue weighted by Gasteiger charge is 2.43. The van der Waals surface area contributed by atoms with Gasteiger partial charge in [-0.2, -0.15) is 0 Å². The molecule has 1 aromatic heterocycles. The molecular weight excluding hydrogens is 326 g/mol. The molecule has 3 rings (SSSR count). The number of nitrogens with two attached hydrogens (primary N) is 1. The number of hydrogen-bond donors (Lipinski definition) is 6. The number of amides is 1. The Morgan fingerprint density at radius 2 is 2.04 bits per heavy atom. The van der Waals surface area contributed by atoms with E-state index in [1.807, 2.05) is 30.3 Å². The van der Waals surface area contributed by atoms with Gasteiger partial charge in [-0.1, -0.05) is 30.3 Å². The summed E-state index contributed by atoms with van der Waals surface area (Å²) in [5.41, 5.74) is 6.73. The van der Waals surface area contributed by atoms with Crippen LogP contribution in [0.15, 0.2) is 36.7 Å². The van der Waals surface area contributed by atoms with E-state index in [0.29, 0.717) is 13.1 Å². The number of nitrogens with zero attached hydrogens (tertiary/aromatic N) is 1. The quantitative estimate of drug-likeness (QED) is 0.391. The SMILES string of the molecule is Nc1nc[nH]c1C(=O)N[C@@H]1O[C@H](CNCc2ccccc2)[C@@H](O)[C@H]1O. The summed E-state index contributed by atoms with van der Waals surface area (Å²) in [4.78, 5) is 18.4. The van der Waals surface area contributed by atoms with Crippen molar-refractivity contribution in [3.05, 3.63) is 47.9 Å². The molecule has 0 spiro atoms. The number of carbonyl (C=O) groups excluding carboxylic acids is 1. The summed E-state index contributed by atoms with van der Waals surface area (Å²) >= 11 is 0. The van der Waals surface area contributed by atoms with Gasteiger partial charge in [-0.15, -0.1) is 0 Å². The van der Waals surface area contributed by atoms with Gasteiger partial charge in [-0.3, -0.25) is 4.79 Å². The molecule has 1 fully saturated rings. The van der Waals surface area contributed by atoms with Crippen LogP contribution in [0.5, 0.6) is 0 Å². The Kier molecular flexibility index (Phi) is 5.29. The zero-order chi connectivity index (χ0) is 17.8. The second-order valence-electron chi connectivity index (χ2n) is 5.83. The average Bonchev–Trinajstić information content (AvgIpc) is 3.15. The van der Waals surface area contributed by atoms with Gasteiger partial charge in [0.15, 0.2) is 12.0 Å². The number of aliphatic hydroxyl groups is 2. The first kappa shape index (κ1) is 17.4. The summed E-state index contributed by atoms with van der Waals surface area (Å²) < 4.78 is 5.56. The van der Waals surface area contributed by atoms with E-state index in [0.717, 1.165) is 5.56 Å². The molecule has 0 unspecified atom stereocenters. The lowest BCUT2D eigenvalue weighted by Crippen LogP contribution is -2.44. The summed E-state index contributed by atoms with van der Waals surface area (Å²) in [6, 6.07) is 9.77. The zero-order valence-corrected chi connectivity index (χ0v) is 13.4. The van der Waals surface area contributed by atoms with Crippen LogP contribution >= 0.6 is 0 Å². The second-order valence-corrected chi connectivity index (χ2v) is 5.83. The standard InChI is InChI=1S/C16H21N5O4/c17-14-11(19-8-20-14)15(24)21-16-13(23)12(22)10(25-16)7-18-6-9-4-2-1-3-5-9/h1-5,8,10,12-13,16,18,22-23H,6-7,17H2,(H,19,20)(H,21,24)/t10-,12-,13-,16-/m1/s1. The summed E-state index contributed by atoms with van der Waals surface area (Å²) in [6.45, 7) is 0.927. The summed E-state index contributed by atoms with van der Waals surface area (Å²) in [5, 5.41) is 25.8. The molecular formula is C16H21N5O4. The molecule has 7 N–H and O–H groups in total. The predicted octanol–water partition coefficient (Wildman–Crippen LogP) is -1.04. The van der Waals surface area contributed by atoms with Crippen molar-refractivity contribution in [3.63, 3.8) is 0 Å². The number of aliphatic hydroxyl groups excluding tert-OH is 2.